The highest BCUT2D eigenvalue weighted by Crippen LogP contribution is 2.18. The molecular weight excluding hydrogens is 218 g/mol. The van der Waals surface area contributed by atoms with Crippen molar-refractivity contribution >= 4 is 22.7 Å². The molecule has 0 saturated heterocycles. The summed E-state index contributed by atoms with van der Waals surface area (Å²) in [7, 11) is 0. The first kappa shape index (κ1) is 13.1. The quantitative estimate of drug-likeness (QED) is 0.788. The predicted molar refractivity (Wildman–Crippen MR) is 72.3 cm³/mol. The number of aryl methyl sites for hydroxylation is 2. The molecule has 88 valence electrons. The van der Waals surface area contributed by atoms with Crippen LogP contribution < -0.4 is 5.32 Å². The zero-order valence-corrected chi connectivity index (χ0v) is 11.0. The SMILES string of the molecule is CCCCSC(=O)Nc1cc(C)ccc1C. The van der Waals surface area contributed by atoms with Crippen LogP contribution in [0.4, 0.5) is 10.5 Å². The van der Waals surface area contributed by atoms with Gasteiger partial charge in [0.1, 0.15) is 0 Å². The van der Waals surface area contributed by atoms with Gasteiger partial charge in [0, 0.05) is 11.4 Å². The van der Waals surface area contributed by atoms with Crippen molar-refractivity contribution in [2.24, 2.45) is 0 Å². The van der Waals surface area contributed by atoms with Gasteiger partial charge in [-0.2, -0.15) is 0 Å². The van der Waals surface area contributed by atoms with E-state index < -0.39 is 0 Å². The summed E-state index contributed by atoms with van der Waals surface area (Å²) in [5.41, 5.74) is 3.20. The van der Waals surface area contributed by atoms with Crippen molar-refractivity contribution in [1.82, 2.24) is 0 Å². The second-order valence-electron chi connectivity index (χ2n) is 3.93. The minimum Gasteiger partial charge on any atom is -0.317 e. The average molecular weight is 237 g/mol. The Morgan fingerprint density at radius 2 is 2.12 bits per heavy atom. The van der Waals surface area contributed by atoms with E-state index in [0.717, 1.165) is 29.8 Å². The van der Waals surface area contributed by atoms with E-state index >= 15 is 0 Å². The van der Waals surface area contributed by atoms with E-state index in [1.54, 1.807) is 0 Å². The van der Waals surface area contributed by atoms with Gasteiger partial charge in [-0.1, -0.05) is 37.2 Å². The Labute approximate surface area is 102 Å². The van der Waals surface area contributed by atoms with Crippen molar-refractivity contribution in [1.29, 1.82) is 0 Å². The molecule has 0 spiro atoms. The lowest BCUT2D eigenvalue weighted by molar-refractivity contribution is 0.269. The maximum Gasteiger partial charge on any atom is 0.283 e. The first-order valence-corrected chi connectivity index (χ1v) is 6.63. The molecule has 1 amide bonds. The predicted octanol–water partition coefficient (Wildman–Crippen LogP) is 4.37. The number of hydrogen-bond donors (Lipinski definition) is 1. The van der Waals surface area contributed by atoms with E-state index in [2.05, 4.69) is 18.3 Å². The van der Waals surface area contributed by atoms with Crippen LogP contribution in [-0.2, 0) is 0 Å². The number of unbranched alkanes of at least 4 members (excludes halogenated alkanes) is 1. The molecule has 1 rings (SSSR count). The number of amides is 1. The van der Waals surface area contributed by atoms with Crippen LogP contribution in [0.3, 0.4) is 0 Å². The fourth-order valence-corrected chi connectivity index (χ4v) is 2.13. The van der Waals surface area contributed by atoms with Gasteiger partial charge in [0.25, 0.3) is 5.24 Å². The van der Waals surface area contributed by atoms with Gasteiger partial charge < -0.3 is 5.32 Å². The van der Waals surface area contributed by atoms with Gasteiger partial charge >= 0.3 is 0 Å². The first-order chi connectivity index (χ1) is 7.63. The molecule has 16 heavy (non-hydrogen) atoms. The van der Waals surface area contributed by atoms with Crippen LogP contribution in [0.25, 0.3) is 0 Å². The van der Waals surface area contributed by atoms with Crippen molar-refractivity contribution in [3.8, 4) is 0 Å². The summed E-state index contributed by atoms with van der Waals surface area (Å²) in [4.78, 5) is 11.6. The fourth-order valence-electron chi connectivity index (χ4n) is 1.33. The molecular formula is C13H19NOS. The van der Waals surface area contributed by atoms with E-state index in [1.165, 1.54) is 17.3 Å². The monoisotopic (exact) mass is 237 g/mol. The largest absolute Gasteiger partial charge is 0.317 e. The molecule has 0 unspecified atom stereocenters. The Hall–Kier alpha value is -0.960. The van der Waals surface area contributed by atoms with Gasteiger partial charge in [0.15, 0.2) is 0 Å². The molecule has 0 aromatic heterocycles. The summed E-state index contributed by atoms with van der Waals surface area (Å²) in [6.07, 6.45) is 2.22. The van der Waals surface area contributed by atoms with Crippen LogP contribution in [0.2, 0.25) is 0 Å². The van der Waals surface area contributed by atoms with E-state index in [4.69, 9.17) is 0 Å². The molecule has 0 fully saturated rings. The average Bonchev–Trinajstić information content (AvgIpc) is 2.24. The molecule has 1 aromatic carbocycles. The van der Waals surface area contributed by atoms with E-state index in [-0.39, 0.29) is 5.24 Å². The van der Waals surface area contributed by atoms with Crippen molar-refractivity contribution in [2.45, 2.75) is 33.6 Å². The van der Waals surface area contributed by atoms with Crippen LogP contribution in [-0.4, -0.2) is 11.0 Å². The highest BCUT2D eigenvalue weighted by molar-refractivity contribution is 8.13. The molecule has 0 aliphatic carbocycles. The second kappa shape index (κ2) is 6.59. The van der Waals surface area contributed by atoms with E-state index in [1.807, 2.05) is 26.0 Å². The standard InChI is InChI=1S/C13H19NOS/c1-4-5-8-16-13(15)14-12-9-10(2)6-7-11(12)3/h6-7,9H,4-5,8H2,1-3H3,(H,14,15). The van der Waals surface area contributed by atoms with Crippen LogP contribution >= 0.6 is 11.8 Å². The smallest absolute Gasteiger partial charge is 0.283 e. The molecule has 1 aromatic rings. The molecule has 0 heterocycles. The number of hydrogen-bond acceptors (Lipinski definition) is 2. The molecule has 0 bridgehead atoms. The number of rotatable bonds is 4. The molecule has 0 radical (unpaired) electrons. The number of anilines is 1. The fraction of sp³-hybridized carbons (Fsp3) is 0.462. The minimum atomic E-state index is 0.0437. The minimum absolute atomic E-state index is 0.0437. The van der Waals surface area contributed by atoms with Gasteiger partial charge in [-0.15, -0.1) is 0 Å². The van der Waals surface area contributed by atoms with Gasteiger partial charge in [-0.25, -0.2) is 0 Å². The van der Waals surface area contributed by atoms with Crippen molar-refractivity contribution in [3.05, 3.63) is 29.3 Å². The number of nitrogens with one attached hydrogen (secondary N) is 1. The molecule has 0 atom stereocenters. The topological polar surface area (TPSA) is 29.1 Å². The maximum absolute atomic E-state index is 11.6. The van der Waals surface area contributed by atoms with Gasteiger partial charge in [0.05, 0.1) is 0 Å². The summed E-state index contributed by atoms with van der Waals surface area (Å²) >= 11 is 1.36. The Bertz CT molecular complexity index is 363. The van der Waals surface area contributed by atoms with E-state index in [9.17, 15) is 4.79 Å². The maximum atomic E-state index is 11.6. The molecule has 0 aliphatic heterocycles. The Morgan fingerprint density at radius 3 is 2.81 bits per heavy atom. The summed E-state index contributed by atoms with van der Waals surface area (Å²) < 4.78 is 0. The number of carbonyl (C=O) groups is 1. The highest BCUT2D eigenvalue weighted by atomic mass is 32.2. The summed E-state index contributed by atoms with van der Waals surface area (Å²) in [5, 5.41) is 2.98. The molecule has 2 nitrogen and oxygen atoms in total. The van der Waals surface area contributed by atoms with Crippen LogP contribution in [0.5, 0.6) is 0 Å². The summed E-state index contributed by atoms with van der Waals surface area (Å²) in [6, 6.07) is 6.09. The van der Waals surface area contributed by atoms with Gasteiger partial charge in [-0.3, -0.25) is 4.79 Å². The lowest BCUT2D eigenvalue weighted by Crippen LogP contribution is -2.07. The highest BCUT2D eigenvalue weighted by Gasteiger charge is 2.04. The third-order valence-corrected chi connectivity index (χ3v) is 3.22. The molecule has 0 saturated carbocycles. The third-order valence-electron chi connectivity index (χ3n) is 2.36. The number of thioether (sulfide) groups is 1. The zero-order chi connectivity index (χ0) is 12.0. The number of benzene rings is 1. The van der Waals surface area contributed by atoms with E-state index in [0.29, 0.717) is 0 Å². The van der Waals surface area contributed by atoms with Crippen molar-refractivity contribution in [3.63, 3.8) is 0 Å². The normalized spacial score (nSPS) is 10.2. The lowest BCUT2D eigenvalue weighted by Gasteiger charge is -2.08. The Balaban J connectivity index is 2.52. The molecule has 1 N–H and O–H groups in total. The second-order valence-corrected chi connectivity index (χ2v) is 5.00. The van der Waals surface area contributed by atoms with Crippen LogP contribution in [0, 0.1) is 13.8 Å². The van der Waals surface area contributed by atoms with Crippen molar-refractivity contribution in [2.75, 3.05) is 11.1 Å². The van der Waals surface area contributed by atoms with Gasteiger partial charge in [-0.05, 0) is 37.5 Å². The van der Waals surface area contributed by atoms with Crippen molar-refractivity contribution < 1.29 is 4.79 Å². The summed E-state index contributed by atoms with van der Waals surface area (Å²) in [5.74, 6) is 0.896. The summed E-state index contributed by atoms with van der Waals surface area (Å²) in [6.45, 7) is 6.16. The Morgan fingerprint density at radius 1 is 1.38 bits per heavy atom. The lowest BCUT2D eigenvalue weighted by atomic mass is 10.1. The molecule has 3 heteroatoms. The van der Waals surface area contributed by atoms with Crippen LogP contribution in [0.1, 0.15) is 30.9 Å². The number of carbonyl (C=O) groups excluding carboxylic acids is 1. The zero-order valence-electron chi connectivity index (χ0n) is 10.2. The molecule has 0 aliphatic rings. The van der Waals surface area contributed by atoms with Gasteiger partial charge in [0.2, 0.25) is 0 Å². The third kappa shape index (κ3) is 4.27. The Kier molecular flexibility index (Phi) is 5.39. The van der Waals surface area contributed by atoms with Crippen LogP contribution in [0.15, 0.2) is 18.2 Å². The first-order valence-electron chi connectivity index (χ1n) is 5.64.